The number of nitrogens with one attached hydrogen (secondary N) is 2. The fourth-order valence-corrected chi connectivity index (χ4v) is 1.65. The Hall–Kier alpha value is -1.06. The molecule has 0 radical (unpaired) electrons. The highest BCUT2D eigenvalue weighted by molar-refractivity contribution is 5.89. The first-order valence-electron chi connectivity index (χ1n) is 4.82. The van der Waals surface area contributed by atoms with E-state index in [1.807, 2.05) is 18.7 Å². The topological polar surface area (TPSA) is 56.2 Å². The maximum atomic E-state index is 11.4. The summed E-state index contributed by atoms with van der Waals surface area (Å²) in [6.07, 6.45) is 1.47. The minimum atomic E-state index is -0.124. The second kappa shape index (κ2) is 4.25. The lowest BCUT2D eigenvalue weighted by Gasteiger charge is -2.36. The van der Waals surface area contributed by atoms with Crippen LogP contribution in [0.5, 0.6) is 0 Å². The number of nitrogens with zero attached hydrogens (tertiary/aromatic N) is 1. The SMILES string of the molecule is CCC(=N)N1CCNC(=O)C1CC. The number of piperazine rings is 1. The molecule has 13 heavy (non-hydrogen) atoms. The standard InChI is InChI=1S/C9H17N3O/c1-3-7-9(13)11-5-6-12(7)8(10)4-2/h7,10H,3-6H2,1-2H3,(H,11,13). The Morgan fingerprint density at radius 3 is 2.92 bits per heavy atom. The normalized spacial score (nSPS) is 22.8. The largest absolute Gasteiger partial charge is 0.353 e. The summed E-state index contributed by atoms with van der Waals surface area (Å²) in [5.41, 5.74) is 0. The molecule has 1 rings (SSSR count). The Bertz CT molecular complexity index is 215. The van der Waals surface area contributed by atoms with Crippen LogP contribution in [0.2, 0.25) is 0 Å². The molecule has 0 aliphatic carbocycles. The first-order chi connectivity index (χ1) is 6.20. The molecule has 1 amide bonds. The van der Waals surface area contributed by atoms with Crippen LogP contribution in [0.25, 0.3) is 0 Å². The first-order valence-corrected chi connectivity index (χ1v) is 4.82. The number of carbonyl (C=O) groups excluding carboxylic acids is 1. The summed E-state index contributed by atoms with van der Waals surface area (Å²) in [7, 11) is 0. The van der Waals surface area contributed by atoms with Crippen LogP contribution in [0.1, 0.15) is 26.7 Å². The van der Waals surface area contributed by atoms with Crippen LogP contribution in [-0.4, -0.2) is 35.8 Å². The molecular formula is C9H17N3O. The van der Waals surface area contributed by atoms with Crippen molar-refractivity contribution >= 4 is 11.7 Å². The van der Waals surface area contributed by atoms with Crippen molar-refractivity contribution in [1.82, 2.24) is 10.2 Å². The van der Waals surface area contributed by atoms with Crippen molar-refractivity contribution in [3.8, 4) is 0 Å². The van der Waals surface area contributed by atoms with Crippen molar-refractivity contribution in [2.45, 2.75) is 32.7 Å². The Morgan fingerprint density at radius 1 is 1.69 bits per heavy atom. The molecule has 0 saturated carbocycles. The highest BCUT2D eigenvalue weighted by Crippen LogP contribution is 2.09. The van der Waals surface area contributed by atoms with E-state index >= 15 is 0 Å². The maximum Gasteiger partial charge on any atom is 0.242 e. The van der Waals surface area contributed by atoms with Crippen LogP contribution in [-0.2, 0) is 4.79 Å². The number of amidine groups is 1. The van der Waals surface area contributed by atoms with E-state index in [-0.39, 0.29) is 11.9 Å². The number of hydrogen-bond donors (Lipinski definition) is 2. The minimum absolute atomic E-state index is 0.0620. The summed E-state index contributed by atoms with van der Waals surface area (Å²) in [6.45, 7) is 5.36. The molecule has 0 bridgehead atoms. The quantitative estimate of drug-likeness (QED) is 0.486. The van der Waals surface area contributed by atoms with Gasteiger partial charge in [0.25, 0.3) is 0 Å². The van der Waals surface area contributed by atoms with Gasteiger partial charge in [-0.25, -0.2) is 0 Å². The third-order valence-corrected chi connectivity index (χ3v) is 2.40. The Kier molecular flexibility index (Phi) is 3.28. The van der Waals surface area contributed by atoms with Gasteiger partial charge in [-0.3, -0.25) is 10.2 Å². The van der Waals surface area contributed by atoms with Crippen LogP contribution in [0.4, 0.5) is 0 Å². The molecule has 4 heteroatoms. The summed E-state index contributed by atoms with van der Waals surface area (Å²) in [5, 5.41) is 10.5. The van der Waals surface area contributed by atoms with Crippen LogP contribution < -0.4 is 5.32 Å². The van der Waals surface area contributed by atoms with E-state index in [1.54, 1.807) is 0 Å². The lowest BCUT2D eigenvalue weighted by Crippen LogP contribution is -2.56. The van der Waals surface area contributed by atoms with Crippen molar-refractivity contribution in [1.29, 1.82) is 5.41 Å². The van der Waals surface area contributed by atoms with E-state index < -0.39 is 0 Å². The average molecular weight is 183 g/mol. The van der Waals surface area contributed by atoms with Crippen LogP contribution >= 0.6 is 0 Å². The van der Waals surface area contributed by atoms with Gasteiger partial charge in [0.15, 0.2) is 0 Å². The fourth-order valence-electron chi connectivity index (χ4n) is 1.65. The fraction of sp³-hybridized carbons (Fsp3) is 0.778. The zero-order valence-electron chi connectivity index (χ0n) is 8.26. The molecule has 1 atom stereocenters. The number of carbonyl (C=O) groups is 1. The summed E-state index contributed by atoms with van der Waals surface area (Å²) in [5.74, 6) is 0.633. The second-order valence-electron chi connectivity index (χ2n) is 3.21. The van der Waals surface area contributed by atoms with Gasteiger partial charge in [-0.1, -0.05) is 13.8 Å². The molecule has 0 aromatic heterocycles. The third kappa shape index (κ3) is 1.99. The molecule has 74 valence electrons. The summed E-state index contributed by atoms with van der Waals surface area (Å²) in [4.78, 5) is 13.3. The molecule has 1 aliphatic rings. The van der Waals surface area contributed by atoms with Gasteiger partial charge in [0.1, 0.15) is 6.04 Å². The van der Waals surface area contributed by atoms with E-state index in [1.165, 1.54) is 0 Å². The Balaban J connectivity index is 2.70. The number of amides is 1. The smallest absolute Gasteiger partial charge is 0.242 e. The molecule has 1 fully saturated rings. The predicted molar refractivity (Wildman–Crippen MR) is 51.8 cm³/mol. The lowest BCUT2D eigenvalue weighted by atomic mass is 10.1. The molecule has 1 saturated heterocycles. The molecule has 1 aliphatic heterocycles. The predicted octanol–water partition coefficient (Wildman–Crippen LogP) is 0.584. The summed E-state index contributed by atoms with van der Waals surface area (Å²) >= 11 is 0. The average Bonchev–Trinajstić information content (AvgIpc) is 2.16. The first kappa shape index (κ1) is 10.0. The molecule has 1 unspecified atom stereocenters. The highest BCUT2D eigenvalue weighted by Gasteiger charge is 2.28. The number of hydrogen-bond acceptors (Lipinski definition) is 2. The molecular weight excluding hydrogens is 166 g/mol. The molecule has 1 heterocycles. The highest BCUT2D eigenvalue weighted by atomic mass is 16.2. The van der Waals surface area contributed by atoms with Gasteiger partial charge in [0.05, 0.1) is 5.84 Å². The minimum Gasteiger partial charge on any atom is -0.353 e. The van der Waals surface area contributed by atoms with Gasteiger partial charge in [-0.15, -0.1) is 0 Å². The van der Waals surface area contributed by atoms with Gasteiger partial charge < -0.3 is 10.2 Å². The van der Waals surface area contributed by atoms with Crippen LogP contribution in [0, 0.1) is 5.41 Å². The van der Waals surface area contributed by atoms with E-state index in [4.69, 9.17) is 5.41 Å². The zero-order valence-corrected chi connectivity index (χ0v) is 8.26. The van der Waals surface area contributed by atoms with Gasteiger partial charge in [-0.05, 0) is 6.42 Å². The second-order valence-corrected chi connectivity index (χ2v) is 3.21. The van der Waals surface area contributed by atoms with Crippen molar-refractivity contribution in [2.24, 2.45) is 0 Å². The van der Waals surface area contributed by atoms with Crippen molar-refractivity contribution in [3.63, 3.8) is 0 Å². The van der Waals surface area contributed by atoms with E-state index in [0.717, 1.165) is 13.0 Å². The van der Waals surface area contributed by atoms with Crippen molar-refractivity contribution in [3.05, 3.63) is 0 Å². The van der Waals surface area contributed by atoms with Crippen LogP contribution in [0.3, 0.4) is 0 Å². The van der Waals surface area contributed by atoms with Gasteiger partial charge >= 0.3 is 0 Å². The molecule has 0 aromatic carbocycles. The molecule has 0 spiro atoms. The van der Waals surface area contributed by atoms with Gasteiger partial charge in [0, 0.05) is 19.5 Å². The molecule has 2 N–H and O–H groups in total. The van der Waals surface area contributed by atoms with E-state index in [9.17, 15) is 4.79 Å². The van der Waals surface area contributed by atoms with Gasteiger partial charge in [-0.2, -0.15) is 0 Å². The Morgan fingerprint density at radius 2 is 2.38 bits per heavy atom. The number of rotatable bonds is 2. The van der Waals surface area contributed by atoms with Crippen LogP contribution in [0.15, 0.2) is 0 Å². The molecule has 4 nitrogen and oxygen atoms in total. The van der Waals surface area contributed by atoms with Gasteiger partial charge in [0.2, 0.25) is 5.91 Å². The van der Waals surface area contributed by atoms with Crippen molar-refractivity contribution in [2.75, 3.05) is 13.1 Å². The zero-order chi connectivity index (χ0) is 9.84. The monoisotopic (exact) mass is 183 g/mol. The maximum absolute atomic E-state index is 11.4. The van der Waals surface area contributed by atoms with E-state index in [2.05, 4.69) is 5.32 Å². The molecule has 0 aromatic rings. The third-order valence-electron chi connectivity index (χ3n) is 2.40. The Labute approximate surface area is 78.8 Å². The summed E-state index contributed by atoms with van der Waals surface area (Å²) < 4.78 is 0. The van der Waals surface area contributed by atoms with Crippen molar-refractivity contribution < 1.29 is 4.79 Å². The lowest BCUT2D eigenvalue weighted by molar-refractivity contribution is -0.127. The van der Waals surface area contributed by atoms with E-state index in [0.29, 0.717) is 18.8 Å². The summed E-state index contributed by atoms with van der Waals surface area (Å²) in [6, 6.07) is -0.124.